The van der Waals surface area contributed by atoms with Gasteiger partial charge in [-0.15, -0.1) is 0 Å². The molecule has 1 saturated heterocycles. The van der Waals surface area contributed by atoms with E-state index in [-0.39, 0.29) is 11.3 Å². The van der Waals surface area contributed by atoms with Crippen LogP contribution in [0.3, 0.4) is 0 Å². The SMILES string of the molecule is CCCOc1ccc(/C(O)=C2/C(=O)C(=O)N(c3ccc(Cl)cc3)C2c2ccc(C)o2)cc1. The molecule has 3 aromatic rings. The predicted molar refractivity (Wildman–Crippen MR) is 122 cm³/mol. The molecule has 2 aromatic carbocycles. The van der Waals surface area contributed by atoms with E-state index in [4.69, 9.17) is 20.8 Å². The van der Waals surface area contributed by atoms with Gasteiger partial charge < -0.3 is 14.3 Å². The van der Waals surface area contributed by atoms with Crippen LogP contribution in [0.4, 0.5) is 5.69 Å². The lowest BCUT2D eigenvalue weighted by Crippen LogP contribution is -2.29. The first-order chi connectivity index (χ1) is 15.4. The first kappa shape index (κ1) is 21.7. The van der Waals surface area contributed by atoms with E-state index in [1.807, 2.05) is 6.92 Å². The number of ketones is 1. The van der Waals surface area contributed by atoms with E-state index >= 15 is 0 Å². The third-order valence-electron chi connectivity index (χ3n) is 5.18. The fraction of sp³-hybridized carbons (Fsp3) is 0.200. The number of aliphatic hydroxyl groups excluding tert-OH is 1. The van der Waals surface area contributed by atoms with E-state index in [1.54, 1.807) is 67.6 Å². The summed E-state index contributed by atoms with van der Waals surface area (Å²) in [5, 5.41) is 11.6. The Labute approximate surface area is 190 Å². The van der Waals surface area contributed by atoms with Crippen molar-refractivity contribution in [2.75, 3.05) is 11.5 Å². The van der Waals surface area contributed by atoms with Gasteiger partial charge in [-0.25, -0.2) is 0 Å². The van der Waals surface area contributed by atoms with Gasteiger partial charge in [0.2, 0.25) is 0 Å². The van der Waals surface area contributed by atoms with Crippen LogP contribution in [0.25, 0.3) is 5.76 Å². The maximum atomic E-state index is 13.1. The number of furan rings is 1. The number of hydrogen-bond donors (Lipinski definition) is 1. The number of halogens is 1. The summed E-state index contributed by atoms with van der Waals surface area (Å²) in [7, 11) is 0. The molecular formula is C25H22ClNO5. The zero-order valence-corrected chi connectivity index (χ0v) is 18.4. The number of anilines is 1. The molecule has 1 aliphatic heterocycles. The Kier molecular flexibility index (Phi) is 6.06. The summed E-state index contributed by atoms with van der Waals surface area (Å²) in [5.74, 6) is -0.164. The third-order valence-corrected chi connectivity index (χ3v) is 5.43. The van der Waals surface area contributed by atoms with Crippen molar-refractivity contribution in [2.45, 2.75) is 26.3 Å². The maximum Gasteiger partial charge on any atom is 0.300 e. The lowest BCUT2D eigenvalue weighted by atomic mass is 9.99. The molecule has 0 aliphatic carbocycles. The maximum absolute atomic E-state index is 13.1. The summed E-state index contributed by atoms with van der Waals surface area (Å²) >= 11 is 6.00. The summed E-state index contributed by atoms with van der Waals surface area (Å²) in [6.07, 6.45) is 0.873. The summed E-state index contributed by atoms with van der Waals surface area (Å²) in [5.41, 5.74) is 0.829. The van der Waals surface area contributed by atoms with E-state index in [0.717, 1.165) is 6.42 Å². The van der Waals surface area contributed by atoms with Gasteiger partial charge >= 0.3 is 0 Å². The summed E-state index contributed by atoms with van der Waals surface area (Å²) in [6.45, 7) is 4.36. The normalized spacial score (nSPS) is 17.7. The minimum Gasteiger partial charge on any atom is -0.507 e. The molecule has 1 unspecified atom stereocenters. The van der Waals surface area contributed by atoms with Gasteiger partial charge in [-0.05, 0) is 74.0 Å². The minimum absolute atomic E-state index is 0.0403. The highest BCUT2D eigenvalue weighted by Crippen LogP contribution is 2.42. The van der Waals surface area contributed by atoms with Gasteiger partial charge in [0, 0.05) is 16.3 Å². The molecule has 2 heterocycles. The Morgan fingerprint density at radius 3 is 2.34 bits per heavy atom. The number of aliphatic hydroxyl groups is 1. The van der Waals surface area contributed by atoms with Crippen molar-refractivity contribution in [3.63, 3.8) is 0 Å². The number of carbonyl (C=O) groups excluding carboxylic acids is 2. The highest BCUT2D eigenvalue weighted by Gasteiger charge is 2.48. The molecule has 1 aliphatic rings. The number of carbonyl (C=O) groups is 2. The molecule has 1 atom stereocenters. The van der Waals surface area contributed by atoms with Crippen LogP contribution in [-0.2, 0) is 9.59 Å². The van der Waals surface area contributed by atoms with Crippen LogP contribution in [0.1, 0.15) is 36.5 Å². The van der Waals surface area contributed by atoms with Gasteiger partial charge in [0.15, 0.2) is 0 Å². The molecule has 4 rings (SSSR count). The smallest absolute Gasteiger partial charge is 0.300 e. The van der Waals surface area contributed by atoms with Gasteiger partial charge in [0.05, 0.1) is 12.2 Å². The lowest BCUT2D eigenvalue weighted by Gasteiger charge is -2.23. The monoisotopic (exact) mass is 451 g/mol. The molecule has 32 heavy (non-hydrogen) atoms. The molecule has 1 aromatic heterocycles. The summed E-state index contributed by atoms with van der Waals surface area (Å²) in [4.78, 5) is 27.4. The summed E-state index contributed by atoms with van der Waals surface area (Å²) in [6, 6.07) is 15.8. The van der Waals surface area contributed by atoms with Gasteiger partial charge in [0.25, 0.3) is 11.7 Å². The van der Waals surface area contributed by atoms with Crippen LogP contribution in [0, 0.1) is 6.92 Å². The number of ether oxygens (including phenoxy) is 1. The van der Waals surface area contributed by atoms with Crippen molar-refractivity contribution in [1.29, 1.82) is 0 Å². The summed E-state index contributed by atoms with van der Waals surface area (Å²) < 4.78 is 11.4. The molecule has 164 valence electrons. The average molecular weight is 452 g/mol. The second-order valence-corrected chi connectivity index (χ2v) is 7.90. The number of nitrogens with zero attached hydrogens (tertiary/aromatic N) is 1. The van der Waals surface area contributed by atoms with Crippen LogP contribution in [0.5, 0.6) is 5.75 Å². The Hall–Kier alpha value is -3.51. The zero-order valence-electron chi connectivity index (χ0n) is 17.7. The zero-order chi connectivity index (χ0) is 22.8. The van der Waals surface area contributed by atoms with Crippen molar-refractivity contribution in [3.05, 3.63) is 88.3 Å². The number of Topliss-reactive ketones (excluding diaryl/α,β-unsaturated/α-hetero) is 1. The van der Waals surface area contributed by atoms with Crippen molar-refractivity contribution in [3.8, 4) is 5.75 Å². The number of amides is 1. The largest absolute Gasteiger partial charge is 0.507 e. The van der Waals surface area contributed by atoms with Crippen LogP contribution < -0.4 is 9.64 Å². The van der Waals surface area contributed by atoms with Gasteiger partial charge in [-0.1, -0.05) is 18.5 Å². The van der Waals surface area contributed by atoms with Gasteiger partial charge in [-0.3, -0.25) is 14.5 Å². The fourth-order valence-corrected chi connectivity index (χ4v) is 3.78. The average Bonchev–Trinajstić information content (AvgIpc) is 3.34. The minimum atomic E-state index is -0.916. The quantitative estimate of drug-likeness (QED) is 0.297. The molecule has 0 bridgehead atoms. The molecule has 0 radical (unpaired) electrons. The van der Waals surface area contributed by atoms with E-state index < -0.39 is 17.7 Å². The highest BCUT2D eigenvalue weighted by atomic mass is 35.5. The van der Waals surface area contributed by atoms with E-state index in [0.29, 0.717) is 40.2 Å². The topological polar surface area (TPSA) is 80.0 Å². The Morgan fingerprint density at radius 1 is 1.06 bits per heavy atom. The Balaban J connectivity index is 1.82. The number of hydrogen-bond acceptors (Lipinski definition) is 5. The van der Waals surface area contributed by atoms with Crippen LogP contribution in [-0.4, -0.2) is 23.4 Å². The molecule has 1 N–H and O–H groups in total. The number of rotatable bonds is 6. The molecule has 6 nitrogen and oxygen atoms in total. The first-order valence-electron chi connectivity index (χ1n) is 10.3. The van der Waals surface area contributed by atoms with Crippen molar-refractivity contribution < 1.29 is 23.8 Å². The standard InChI is InChI=1S/C25H22ClNO5/c1-3-14-31-19-11-5-16(6-12-19)23(28)21-22(20-13-4-15(2)32-20)27(25(30)24(21)29)18-9-7-17(26)8-10-18/h4-13,22,28H,3,14H2,1-2H3/b23-21-. The Morgan fingerprint density at radius 2 is 1.75 bits per heavy atom. The van der Waals surface area contributed by atoms with E-state index in [1.165, 1.54) is 4.90 Å². The lowest BCUT2D eigenvalue weighted by molar-refractivity contribution is -0.132. The van der Waals surface area contributed by atoms with Gasteiger partial charge in [-0.2, -0.15) is 0 Å². The van der Waals surface area contributed by atoms with Crippen molar-refractivity contribution in [1.82, 2.24) is 0 Å². The van der Waals surface area contributed by atoms with Crippen molar-refractivity contribution >= 4 is 34.7 Å². The number of benzene rings is 2. The molecular weight excluding hydrogens is 430 g/mol. The molecule has 1 amide bonds. The van der Waals surface area contributed by atoms with Crippen LogP contribution >= 0.6 is 11.6 Å². The van der Waals surface area contributed by atoms with Gasteiger partial charge in [0.1, 0.15) is 29.1 Å². The molecule has 1 fully saturated rings. The third kappa shape index (κ3) is 4.01. The van der Waals surface area contributed by atoms with E-state index in [9.17, 15) is 14.7 Å². The van der Waals surface area contributed by atoms with Crippen LogP contribution in [0.15, 0.2) is 70.7 Å². The van der Waals surface area contributed by atoms with E-state index in [2.05, 4.69) is 0 Å². The molecule has 0 saturated carbocycles. The Bertz CT molecular complexity index is 1180. The highest BCUT2D eigenvalue weighted by molar-refractivity contribution is 6.51. The van der Waals surface area contributed by atoms with Crippen molar-refractivity contribution in [2.24, 2.45) is 0 Å². The fourth-order valence-electron chi connectivity index (χ4n) is 3.65. The first-order valence-corrected chi connectivity index (χ1v) is 10.6. The second kappa shape index (κ2) is 8.93. The predicted octanol–water partition coefficient (Wildman–Crippen LogP) is 5.66. The molecule has 0 spiro atoms. The van der Waals surface area contributed by atoms with Crippen LogP contribution in [0.2, 0.25) is 5.02 Å². The second-order valence-electron chi connectivity index (χ2n) is 7.47. The molecule has 7 heteroatoms. The number of aryl methyl sites for hydroxylation is 1.